The van der Waals surface area contributed by atoms with Gasteiger partial charge in [0.2, 0.25) is 5.72 Å². The van der Waals surface area contributed by atoms with Crippen molar-refractivity contribution in [1.29, 1.82) is 0 Å². The average molecular weight is 319 g/mol. The first-order chi connectivity index (χ1) is 11.7. The molecule has 1 saturated carbocycles. The maximum atomic E-state index is 12.8. The Morgan fingerprint density at radius 1 is 0.958 bits per heavy atom. The van der Waals surface area contributed by atoms with E-state index in [-0.39, 0.29) is 11.5 Å². The summed E-state index contributed by atoms with van der Waals surface area (Å²) in [6.45, 7) is 0. The zero-order valence-corrected chi connectivity index (χ0v) is 13.2. The van der Waals surface area contributed by atoms with Crippen molar-refractivity contribution in [1.82, 2.24) is 0 Å². The maximum absolute atomic E-state index is 12.8. The quantitative estimate of drug-likeness (QED) is 0.685. The molecular weight excluding hydrogens is 302 g/mol. The van der Waals surface area contributed by atoms with Crippen molar-refractivity contribution < 1.29 is 14.6 Å². The van der Waals surface area contributed by atoms with E-state index in [1.54, 1.807) is 18.2 Å². The van der Waals surface area contributed by atoms with Crippen molar-refractivity contribution in [3.8, 4) is 11.5 Å². The molecule has 3 aliphatic rings. The summed E-state index contributed by atoms with van der Waals surface area (Å²) >= 11 is 0. The Morgan fingerprint density at radius 2 is 1.67 bits per heavy atom. The van der Waals surface area contributed by atoms with Gasteiger partial charge < -0.3 is 9.84 Å². The standard InChI is InChI=1S/C20H17NO3/c22-14-8-4-6-12-16(14)18-17-13(19(12)23)7-5-9-15(17)24-20(21-18)10-2-1-3-11-20/h4-9,22H,1-3,10-11H2. The van der Waals surface area contributed by atoms with E-state index in [9.17, 15) is 9.90 Å². The highest BCUT2D eigenvalue weighted by Crippen LogP contribution is 2.45. The number of rotatable bonds is 0. The fraction of sp³-hybridized carbons (Fsp3) is 0.300. The lowest BCUT2D eigenvalue weighted by Gasteiger charge is -2.40. The van der Waals surface area contributed by atoms with Gasteiger partial charge in [-0.05, 0) is 25.0 Å². The molecule has 2 aromatic rings. The molecule has 0 unspecified atom stereocenters. The lowest BCUT2D eigenvalue weighted by atomic mass is 9.80. The lowest BCUT2D eigenvalue weighted by Crippen LogP contribution is -2.42. The van der Waals surface area contributed by atoms with Crippen LogP contribution in [0.25, 0.3) is 0 Å². The summed E-state index contributed by atoms with van der Waals surface area (Å²) in [6, 6.07) is 10.7. The molecule has 0 radical (unpaired) electrons. The van der Waals surface area contributed by atoms with Gasteiger partial charge >= 0.3 is 0 Å². The zero-order valence-electron chi connectivity index (χ0n) is 13.2. The van der Waals surface area contributed by atoms with E-state index in [1.165, 1.54) is 6.42 Å². The number of fused-ring (bicyclic) bond motifs is 2. The number of ether oxygens (including phenoxy) is 1. The summed E-state index contributed by atoms with van der Waals surface area (Å²) in [5, 5.41) is 10.4. The van der Waals surface area contributed by atoms with E-state index in [0.29, 0.717) is 28.2 Å². The number of aromatic hydroxyl groups is 1. The number of hydrogen-bond acceptors (Lipinski definition) is 4. The number of phenols is 1. The normalized spacial score (nSPS) is 20.0. The van der Waals surface area contributed by atoms with Crippen molar-refractivity contribution in [2.24, 2.45) is 4.99 Å². The molecule has 2 aliphatic carbocycles. The molecular formula is C20H17NO3. The topological polar surface area (TPSA) is 58.9 Å². The summed E-state index contributed by atoms with van der Waals surface area (Å²) < 4.78 is 6.29. The Hall–Kier alpha value is -2.62. The molecule has 1 fully saturated rings. The highest BCUT2D eigenvalue weighted by Gasteiger charge is 2.43. The van der Waals surface area contributed by atoms with Gasteiger partial charge in [-0.2, -0.15) is 0 Å². The summed E-state index contributed by atoms with van der Waals surface area (Å²) in [5.74, 6) is 0.731. The molecule has 0 atom stereocenters. The molecule has 1 N–H and O–H groups in total. The predicted octanol–water partition coefficient (Wildman–Crippen LogP) is 3.83. The Labute approximate surface area is 139 Å². The number of ketones is 1. The number of aliphatic imine (C=N–C) groups is 1. The first-order valence-electron chi connectivity index (χ1n) is 8.48. The van der Waals surface area contributed by atoms with Gasteiger partial charge in [0, 0.05) is 24.0 Å². The molecule has 0 saturated heterocycles. The monoisotopic (exact) mass is 319 g/mol. The largest absolute Gasteiger partial charge is 0.507 e. The number of benzene rings is 2. The van der Waals surface area contributed by atoms with Crippen molar-refractivity contribution in [3.63, 3.8) is 0 Å². The van der Waals surface area contributed by atoms with Crippen LogP contribution in [-0.4, -0.2) is 22.3 Å². The Balaban J connectivity index is 1.83. The van der Waals surface area contributed by atoms with Crippen LogP contribution < -0.4 is 4.74 Å². The van der Waals surface area contributed by atoms with Gasteiger partial charge in [0.05, 0.1) is 16.8 Å². The second-order valence-corrected chi connectivity index (χ2v) is 6.78. The minimum Gasteiger partial charge on any atom is -0.507 e. The van der Waals surface area contributed by atoms with Gasteiger partial charge in [-0.25, -0.2) is 4.99 Å². The van der Waals surface area contributed by atoms with Crippen molar-refractivity contribution in [3.05, 3.63) is 58.7 Å². The van der Waals surface area contributed by atoms with Crippen molar-refractivity contribution in [2.45, 2.75) is 37.8 Å². The van der Waals surface area contributed by atoms with Crippen LogP contribution in [0, 0.1) is 0 Å². The molecule has 5 rings (SSSR count). The fourth-order valence-electron chi connectivity index (χ4n) is 4.16. The van der Waals surface area contributed by atoms with Gasteiger partial charge in [0.1, 0.15) is 11.5 Å². The Bertz CT molecular complexity index is 907. The zero-order chi connectivity index (χ0) is 16.3. The molecule has 120 valence electrons. The smallest absolute Gasteiger partial charge is 0.200 e. The average Bonchev–Trinajstić information content (AvgIpc) is 2.59. The molecule has 24 heavy (non-hydrogen) atoms. The summed E-state index contributed by atoms with van der Waals surface area (Å²) in [4.78, 5) is 17.8. The lowest BCUT2D eigenvalue weighted by molar-refractivity contribution is 0.0353. The highest BCUT2D eigenvalue weighted by molar-refractivity contribution is 6.32. The second-order valence-electron chi connectivity index (χ2n) is 6.78. The summed E-state index contributed by atoms with van der Waals surface area (Å²) in [5.41, 5.74) is 2.56. The third-order valence-electron chi connectivity index (χ3n) is 5.28. The predicted molar refractivity (Wildman–Crippen MR) is 90.1 cm³/mol. The highest BCUT2D eigenvalue weighted by atomic mass is 16.5. The minimum absolute atomic E-state index is 0.0834. The van der Waals surface area contributed by atoms with Crippen molar-refractivity contribution >= 4 is 11.5 Å². The third-order valence-corrected chi connectivity index (χ3v) is 5.28. The molecule has 1 spiro atoms. The van der Waals surface area contributed by atoms with Crippen LogP contribution in [0.3, 0.4) is 0 Å². The van der Waals surface area contributed by atoms with Gasteiger partial charge in [-0.15, -0.1) is 0 Å². The van der Waals surface area contributed by atoms with Gasteiger partial charge in [0.25, 0.3) is 0 Å². The van der Waals surface area contributed by atoms with E-state index in [1.807, 2.05) is 18.2 Å². The van der Waals surface area contributed by atoms with Crippen LogP contribution in [-0.2, 0) is 0 Å². The van der Waals surface area contributed by atoms with Gasteiger partial charge in [-0.1, -0.05) is 30.7 Å². The van der Waals surface area contributed by atoms with Crippen LogP contribution >= 0.6 is 0 Å². The summed E-state index contributed by atoms with van der Waals surface area (Å²) in [6.07, 6.45) is 5.11. The number of carbonyl (C=O) groups is 1. The molecule has 4 heteroatoms. The molecule has 0 aromatic heterocycles. The van der Waals surface area contributed by atoms with Crippen LogP contribution in [0.4, 0.5) is 0 Å². The van der Waals surface area contributed by atoms with E-state index < -0.39 is 5.72 Å². The Morgan fingerprint density at radius 3 is 2.46 bits per heavy atom. The molecule has 4 nitrogen and oxygen atoms in total. The van der Waals surface area contributed by atoms with Crippen LogP contribution in [0.5, 0.6) is 11.5 Å². The molecule has 1 heterocycles. The van der Waals surface area contributed by atoms with E-state index in [4.69, 9.17) is 9.73 Å². The summed E-state index contributed by atoms with van der Waals surface area (Å²) in [7, 11) is 0. The molecule has 0 amide bonds. The first kappa shape index (κ1) is 13.8. The number of phenolic OH excluding ortho intramolecular Hbond substituents is 1. The number of carbonyl (C=O) groups excluding carboxylic acids is 1. The van der Waals surface area contributed by atoms with E-state index in [0.717, 1.165) is 31.2 Å². The number of nitrogens with zero attached hydrogens (tertiary/aromatic N) is 1. The first-order valence-corrected chi connectivity index (χ1v) is 8.48. The molecule has 2 aromatic carbocycles. The SMILES string of the molecule is O=C1c2cccc(O)c2C2=NC3(CCCCC3)Oc3cccc1c32. The Kier molecular flexibility index (Phi) is 2.70. The van der Waals surface area contributed by atoms with Gasteiger partial charge in [-0.3, -0.25) is 4.79 Å². The van der Waals surface area contributed by atoms with Crippen LogP contribution in [0.2, 0.25) is 0 Å². The van der Waals surface area contributed by atoms with Gasteiger partial charge in [0.15, 0.2) is 5.78 Å². The molecule has 1 aliphatic heterocycles. The molecule has 0 bridgehead atoms. The van der Waals surface area contributed by atoms with Crippen molar-refractivity contribution in [2.75, 3.05) is 0 Å². The van der Waals surface area contributed by atoms with E-state index in [2.05, 4.69) is 0 Å². The maximum Gasteiger partial charge on any atom is 0.200 e. The van der Waals surface area contributed by atoms with E-state index >= 15 is 0 Å². The minimum atomic E-state index is -0.556. The third kappa shape index (κ3) is 1.74. The number of hydrogen-bond donors (Lipinski definition) is 1. The fourth-order valence-corrected chi connectivity index (χ4v) is 4.16. The van der Waals surface area contributed by atoms with Crippen LogP contribution in [0.15, 0.2) is 41.4 Å². The van der Waals surface area contributed by atoms with Crippen LogP contribution in [0.1, 0.15) is 59.2 Å². The second kappa shape index (κ2) is 4.69.